The number of benzene rings is 1. The number of fused-ring (bicyclic) bond motifs is 1. The van der Waals surface area contributed by atoms with Crippen molar-refractivity contribution < 1.29 is 4.74 Å². The molecule has 0 heterocycles. The van der Waals surface area contributed by atoms with E-state index in [1.807, 2.05) is 19.1 Å². The smallest absolute Gasteiger partial charge is 0.149 e. The van der Waals surface area contributed by atoms with Gasteiger partial charge in [-0.1, -0.05) is 18.1 Å². The van der Waals surface area contributed by atoms with E-state index in [0.717, 1.165) is 18.6 Å². The van der Waals surface area contributed by atoms with E-state index < -0.39 is 0 Å². The summed E-state index contributed by atoms with van der Waals surface area (Å²) in [6, 6.07) is 6.26. The Hall–Kier alpha value is -1.46. The molecule has 78 valence electrons. The zero-order valence-electron chi connectivity index (χ0n) is 8.92. The van der Waals surface area contributed by atoms with Gasteiger partial charge in [-0.25, -0.2) is 0 Å². The van der Waals surface area contributed by atoms with Crippen molar-refractivity contribution >= 4 is 0 Å². The van der Waals surface area contributed by atoms with E-state index in [1.165, 1.54) is 11.1 Å². The first kappa shape index (κ1) is 10.1. The second kappa shape index (κ2) is 4.37. The van der Waals surface area contributed by atoms with Crippen molar-refractivity contribution in [2.75, 3.05) is 6.61 Å². The molecule has 0 radical (unpaired) electrons. The SMILES string of the molecule is CC#CCOc1cccc2c1CCC2N. The monoisotopic (exact) mass is 201 g/mol. The summed E-state index contributed by atoms with van der Waals surface area (Å²) < 4.78 is 5.61. The highest BCUT2D eigenvalue weighted by Gasteiger charge is 2.21. The molecule has 1 unspecified atom stereocenters. The molecule has 0 spiro atoms. The van der Waals surface area contributed by atoms with E-state index in [9.17, 15) is 0 Å². The van der Waals surface area contributed by atoms with Crippen LogP contribution in [0.25, 0.3) is 0 Å². The Labute approximate surface area is 90.4 Å². The fraction of sp³-hybridized carbons (Fsp3) is 0.385. The molecule has 15 heavy (non-hydrogen) atoms. The van der Waals surface area contributed by atoms with Crippen LogP contribution in [-0.2, 0) is 6.42 Å². The Bertz CT molecular complexity index is 414. The molecule has 0 saturated carbocycles. The number of hydrogen-bond donors (Lipinski definition) is 1. The van der Waals surface area contributed by atoms with Crippen LogP contribution in [0.1, 0.15) is 30.5 Å². The maximum absolute atomic E-state index is 5.99. The summed E-state index contributed by atoms with van der Waals surface area (Å²) in [5.74, 6) is 6.66. The number of rotatable bonds is 2. The summed E-state index contributed by atoms with van der Waals surface area (Å²) in [5.41, 5.74) is 8.49. The van der Waals surface area contributed by atoms with Gasteiger partial charge in [0.05, 0.1) is 0 Å². The highest BCUT2D eigenvalue weighted by molar-refractivity contribution is 5.45. The van der Waals surface area contributed by atoms with Crippen LogP contribution in [0, 0.1) is 11.8 Å². The van der Waals surface area contributed by atoms with Crippen molar-refractivity contribution in [3.63, 3.8) is 0 Å². The third-order valence-corrected chi connectivity index (χ3v) is 2.75. The Balaban J connectivity index is 2.21. The lowest BCUT2D eigenvalue weighted by Gasteiger charge is -2.09. The van der Waals surface area contributed by atoms with E-state index in [-0.39, 0.29) is 6.04 Å². The fourth-order valence-corrected chi connectivity index (χ4v) is 1.97. The minimum Gasteiger partial charge on any atom is -0.481 e. The predicted molar refractivity (Wildman–Crippen MR) is 60.6 cm³/mol. The molecule has 1 atom stereocenters. The zero-order valence-corrected chi connectivity index (χ0v) is 8.92. The molecule has 1 aromatic carbocycles. The number of ether oxygens (including phenoxy) is 1. The molecule has 0 bridgehead atoms. The third kappa shape index (κ3) is 1.98. The molecular weight excluding hydrogens is 186 g/mol. The lowest BCUT2D eigenvalue weighted by molar-refractivity contribution is 0.366. The Morgan fingerprint density at radius 2 is 2.40 bits per heavy atom. The van der Waals surface area contributed by atoms with Gasteiger partial charge >= 0.3 is 0 Å². The minimum absolute atomic E-state index is 0.181. The van der Waals surface area contributed by atoms with Crippen LogP contribution in [0.5, 0.6) is 5.75 Å². The molecule has 0 fully saturated rings. The van der Waals surface area contributed by atoms with Crippen molar-refractivity contribution in [2.45, 2.75) is 25.8 Å². The van der Waals surface area contributed by atoms with E-state index >= 15 is 0 Å². The predicted octanol–water partition coefficient (Wildman–Crippen LogP) is 2.03. The average molecular weight is 201 g/mol. The third-order valence-electron chi connectivity index (χ3n) is 2.75. The molecule has 1 aromatic rings. The van der Waals surface area contributed by atoms with Crippen molar-refractivity contribution in [2.24, 2.45) is 5.73 Å². The van der Waals surface area contributed by atoms with Gasteiger partial charge in [0, 0.05) is 6.04 Å². The first-order valence-corrected chi connectivity index (χ1v) is 5.22. The van der Waals surface area contributed by atoms with Crippen LogP contribution >= 0.6 is 0 Å². The number of hydrogen-bond acceptors (Lipinski definition) is 2. The van der Waals surface area contributed by atoms with Gasteiger partial charge < -0.3 is 10.5 Å². The van der Waals surface area contributed by atoms with Gasteiger partial charge in [-0.15, -0.1) is 5.92 Å². The van der Waals surface area contributed by atoms with Crippen molar-refractivity contribution in [3.05, 3.63) is 29.3 Å². The second-order valence-electron chi connectivity index (χ2n) is 3.68. The topological polar surface area (TPSA) is 35.2 Å². The zero-order chi connectivity index (χ0) is 10.7. The van der Waals surface area contributed by atoms with Crippen molar-refractivity contribution in [1.29, 1.82) is 0 Å². The van der Waals surface area contributed by atoms with Gasteiger partial charge in [0.1, 0.15) is 12.4 Å². The van der Waals surface area contributed by atoms with Gasteiger partial charge in [0.15, 0.2) is 0 Å². The minimum atomic E-state index is 0.181. The van der Waals surface area contributed by atoms with Crippen molar-refractivity contribution in [1.82, 2.24) is 0 Å². The Morgan fingerprint density at radius 1 is 1.53 bits per heavy atom. The Kier molecular flexibility index (Phi) is 2.94. The molecule has 2 heteroatoms. The van der Waals surface area contributed by atoms with Gasteiger partial charge in [-0.05, 0) is 37.0 Å². The van der Waals surface area contributed by atoms with Gasteiger partial charge in [0.25, 0.3) is 0 Å². The second-order valence-corrected chi connectivity index (χ2v) is 3.68. The van der Waals surface area contributed by atoms with E-state index in [1.54, 1.807) is 0 Å². The normalized spacial score (nSPS) is 17.9. The van der Waals surface area contributed by atoms with Crippen LogP contribution in [-0.4, -0.2) is 6.61 Å². The molecule has 0 saturated heterocycles. The lowest BCUT2D eigenvalue weighted by Crippen LogP contribution is -2.05. The molecule has 2 rings (SSSR count). The van der Waals surface area contributed by atoms with Crippen LogP contribution < -0.4 is 10.5 Å². The summed E-state index contributed by atoms with van der Waals surface area (Å²) >= 11 is 0. The first-order valence-electron chi connectivity index (χ1n) is 5.22. The summed E-state index contributed by atoms with van der Waals surface area (Å²) in [6.07, 6.45) is 2.04. The Morgan fingerprint density at radius 3 is 3.20 bits per heavy atom. The highest BCUT2D eigenvalue weighted by Crippen LogP contribution is 2.35. The van der Waals surface area contributed by atoms with Crippen LogP contribution in [0.2, 0.25) is 0 Å². The van der Waals surface area contributed by atoms with E-state index in [4.69, 9.17) is 10.5 Å². The molecule has 0 aromatic heterocycles. The molecule has 1 aliphatic rings. The molecule has 0 amide bonds. The summed E-state index contributed by atoms with van der Waals surface area (Å²) in [6.45, 7) is 2.27. The molecule has 0 aliphatic heterocycles. The largest absolute Gasteiger partial charge is 0.481 e. The fourth-order valence-electron chi connectivity index (χ4n) is 1.97. The van der Waals surface area contributed by atoms with Crippen LogP contribution in [0.15, 0.2) is 18.2 Å². The van der Waals surface area contributed by atoms with E-state index in [2.05, 4.69) is 17.9 Å². The lowest BCUT2D eigenvalue weighted by atomic mass is 10.1. The quantitative estimate of drug-likeness (QED) is 0.743. The van der Waals surface area contributed by atoms with Crippen LogP contribution in [0.4, 0.5) is 0 Å². The van der Waals surface area contributed by atoms with Gasteiger partial charge in [0.2, 0.25) is 0 Å². The molecule has 2 nitrogen and oxygen atoms in total. The highest BCUT2D eigenvalue weighted by atomic mass is 16.5. The summed E-state index contributed by atoms with van der Waals surface area (Å²) in [7, 11) is 0. The van der Waals surface area contributed by atoms with Gasteiger partial charge in [-0.3, -0.25) is 0 Å². The standard InChI is InChI=1S/C13H15NO/c1-2-3-9-15-13-6-4-5-10-11(13)7-8-12(10)14/h4-6,12H,7-9,14H2,1H3. The molecule has 2 N–H and O–H groups in total. The van der Waals surface area contributed by atoms with E-state index in [0.29, 0.717) is 6.61 Å². The number of nitrogens with two attached hydrogens (primary N) is 1. The molecule has 1 aliphatic carbocycles. The van der Waals surface area contributed by atoms with Crippen molar-refractivity contribution in [3.8, 4) is 17.6 Å². The van der Waals surface area contributed by atoms with Gasteiger partial charge in [-0.2, -0.15) is 0 Å². The average Bonchev–Trinajstić information content (AvgIpc) is 2.62. The maximum atomic E-state index is 5.99. The molecular formula is C13H15NO. The summed E-state index contributed by atoms with van der Waals surface area (Å²) in [4.78, 5) is 0. The van der Waals surface area contributed by atoms with Crippen LogP contribution in [0.3, 0.4) is 0 Å². The first-order chi connectivity index (χ1) is 7.33. The maximum Gasteiger partial charge on any atom is 0.149 e. The summed E-state index contributed by atoms with van der Waals surface area (Å²) in [5, 5.41) is 0.